The van der Waals surface area contributed by atoms with Crippen LogP contribution in [0.3, 0.4) is 0 Å². The quantitative estimate of drug-likeness (QED) is 0.743. The van der Waals surface area contributed by atoms with E-state index in [2.05, 4.69) is 4.74 Å². The number of carbonyl (C=O) groups is 1. The van der Waals surface area contributed by atoms with Crippen molar-refractivity contribution < 1.29 is 13.9 Å². The molecule has 0 saturated heterocycles. The minimum absolute atomic E-state index is 0.234. The summed E-state index contributed by atoms with van der Waals surface area (Å²) in [6, 6.07) is 3.45. The van der Waals surface area contributed by atoms with Crippen LogP contribution in [0.4, 0.5) is 0 Å². The van der Waals surface area contributed by atoms with Gasteiger partial charge in [-0.2, -0.15) is 0 Å². The Morgan fingerprint density at radius 3 is 2.86 bits per heavy atom. The molecule has 0 aliphatic heterocycles. The van der Waals surface area contributed by atoms with Gasteiger partial charge < -0.3 is 14.9 Å². The van der Waals surface area contributed by atoms with E-state index in [1.165, 1.54) is 7.11 Å². The molecule has 0 radical (unpaired) electrons. The summed E-state index contributed by atoms with van der Waals surface area (Å²) in [6.07, 6.45) is 0.858. The minimum atomic E-state index is -0.247. The molecule has 0 saturated carbocycles. The lowest BCUT2D eigenvalue weighted by Crippen LogP contribution is -2.12. The van der Waals surface area contributed by atoms with Crippen molar-refractivity contribution >= 4 is 5.97 Å². The van der Waals surface area contributed by atoms with E-state index in [0.29, 0.717) is 18.6 Å². The van der Waals surface area contributed by atoms with Crippen molar-refractivity contribution in [3.05, 3.63) is 23.7 Å². The first-order valence-electron chi connectivity index (χ1n) is 4.52. The van der Waals surface area contributed by atoms with Gasteiger partial charge in [0.1, 0.15) is 11.5 Å². The summed E-state index contributed by atoms with van der Waals surface area (Å²) in [5.41, 5.74) is 5.81. The van der Waals surface area contributed by atoms with Crippen molar-refractivity contribution in [3.8, 4) is 0 Å². The molecule has 1 aromatic rings. The number of nitrogens with two attached hydrogens (primary N) is 1. The van der Waals surface area contributed by atoms with Crippen LogP contribution in [-0.4, -0.2) is 13.1 Å². The zero-order valence-electron chi connectivity index (χ0n) is 8.45. The Morgan fingerprint density at radius 2 is 2.36 bits per heavy atom. The van der Waals surface area contributed by atoms with Gasteiger partial charge in [-0.05, 0) is 25.5 Å². The van der Waals surface area contributed by atoms with Gasteiger partial charge in [0.2, 0.25) is 0 Å². The smallest absolute Gasteiger partial charge is 0.305 e. The second-order valence-electron chi connectivity index (χ2n) is 3.17. The molecule has 1 aromatic heterocycles. The number of carbonyl (C=O) groups excluding carboxylic acids is 1. The maximum absolute atomic E-state index is 10.8. The highest BCUT2D eigenvalue weighted by Gasteiger charge is 2.12. The normalized spacial score (nSPS) is 12.5. The summed E-state index contributed by atoms with van der Waals surface area (Å²) in [6.45, 7) is 1.86. The number of esters is 1. The first-order chi connectivity index (χ1) is 6.63. The van der Waals surface area contributed by atoms with E-state index in [4.69, 9.17) is 10.2 Å². The van der Waals surface area contributed by atoms with Crippen LogP contribution in [0.5, 0.6) is 0 Å². The Kier molecular flexibility index (Phi) is 3.71. The molecule has 4 nitrogen and oxygen atoms in total. The molecule has 1 unspecified atom stereocenters. The molecule has 0 aliphatic rings. The standard InChI is InChI=1S/C10H15NO3/c1-7-3-5-9(14-7)8(11)4-6-10(12)13-2/h3,5,8H,4,6,11H2,1-2H3. The van der Waals surface area contributed by atoms with Gasteiger partial charge in [-0.25, -0.2) is 0 Å². The summed E-state index contributed by atoms with van der Waals surface area (Å²) >= 11 is 0. The zero-order valence-corrected chi connectivity index (χ0v) is 8.45. The van der Waals surface area contributed by atoms with Crippen molar-refractivity contribution in [3.63, 3.8) is 0 Å². The van der Waals surface area contributed by atoms with Crippen LogP contribution in [0.1, 0.15) is 30.4 Å². The van der Waals surface area contributed by atoms with Gasteiger partial charge in [-0.15, -0.1) is 0 Å². The van der Waals surface area contributed by atoms with Crippen LogP contribution in [0.2, 0.25) is 0 Å². The van der Waals surface area contributed by atoms with Crippen LogP contribution in [0, 0.1) is 6.92 Å². The number of furan rings is 1. The SMILES string of the molecule is COC(=O)CCC(N)c1ccc(C)o1. The van der Waals surface area contributed by atoms with E-state index < -0.39 is 0 Å². The maximum atomic E-state index is 10.8. The number of methoxy groups -OCH3 is 1. The summed E-state index contributed by atoms with van der Waals surface area (Å²) < 4.78 is 9.85. The van der Waals surface area contributed by atoms with E-state index in [1.54, 1.807) is 0 Å². The van der Waals surface area contributed by atoms with Gasteiger partial charge in [-0.3, -0.25) is 4.79 Å². The summed E-state index contributed by atoms with van der Waals surface area (Å²) in [5.74, 6) is 1.30. The highest BCUT2D eigenvalue weighted by atomic mass is 16.5. The van der Waals surface area contributed by atoms with Gasteiger partial charge in [-0.1, -0.05) is 0 Å². The lowest BCUT2D eigenvalue weighted by Gasteiger charge is -2.06. The van der Waals surface area contributed by atoms with Gasteiger partial charge in [0.05, 0.1) is 13.2 Å². The van der Waals surface area contributed by atoms with Crippen molar-refractivity contribution in [2.24, 2.45) is 5.73 Å². The highest BCUT2D eigenvalue weighted by molar-refractivity contribution is 5.69. The van der Waals surface area contributed by atoms with Crippen molar-refractivity contribution in [2.45, 2.75) is 25.8 Å². The van der Waals surface area contributed by atoms with E-state index in [1.807, 2.05) is 19.1 Å². The van der Waals surface area contributed by atoms with E-state index in [-0.39, 0.29) is 12.0 Å². The van der Waals surface area contributed by atoms with Crippen molar-refractivity contribution in [1.82, 2.24) is 0 Å². The molecular weight excluding hydrogens is 182 g/mol. The molecule has 0 fully saturated rings. The molecule has 1 rings (SSSR count). The fraction of sp³-hybridized carbons (Fsp3) is 0.500. The zero-order chi connectivity index (χ0) is 10.6. The fourth-order valence-electron chi connectivity index (χ4n) is 1.17. The molecule has 0 aliphatic carbocycles. The third kappa shape index (κ3) is 2.88. The largest absolute Gasteiger partial charge is 0.469 e. The predicted molar refractivity (Wildman–Crippen MR) is 51.6 cm³/mol. The Bertz CT molecular complexity index is 306. The fourth-order valence-corrected chi connectivity index (χ4v) is 1.17. The summed E-state index contributed by atoms with van der Waals surface area (Å²) in [4.78, 5) is 10.8. The Balaban J connectivity index is 2.42. The minimum Gasteiger partial charge on any atom is -0.469 e. The average molecular weight is 197 g/mol. The molecule has 0 aromatic carbocycles. The molecule has 1 heterocycles. The van der Waals surface area contributed by atoms with Crippen molar-refractivity contribution in [2.75, 3.05) is 7.11 Å². The van der Waals surface area contributed by atoms with E-state index in [9.17, 15) is 4.79 Å². The number of ether oxygens (including phenoxy) is 1. The first-order valence-corrected chi connectivity index (χ1v) is 4.52. The van der Waals surface area contributed by atoms with Crippen LogP contribution in [0.15, 0.2) is 16.5 Å². The van der Waals surface area contributed by atoms with Crippen LogP contribution >= 0.6 is 0 Å². The van der Waals surface area contributed by atoms with Gasteiger partial charge in [0, 0.05) is 6.42 Å². The van der Waals surface area contributed by atoms with Crippen molar-refractivity contribution in [1.29, 1.82) is 0 Å². The average Bonchev–Trinajstić information content (AvgIpc) is 2.60. The molecule has 0 spiro atoms. The molecule has 0 bridgehead atoms. The lowest BCUT2D eigenvalue weighted by molar-refractivity contribution is -0.140. The number of aryl methyl sites for hydroxylation is 1. The third-order valence-corrected chi connectivity index (χ3v) is 2.01. The van der Waals surface area contributed by atoms with Crippen LogP contribution in [-0.2, 0) is 9.53 Å². The summed E-state index contributed by atoms with van der Waals surface area (Å²) in [7, 11) is 1.37. The monoisotopic (exact) mass is 197 g/mol. The Morgan fingerprint density at radius 1 is 1.64 bits per heavy atom. The number of hydrogen-bond acceptors (Lipinski definition) is 4. The van der Waals surface area contributed by atoms with E-state index >= 15 is 0 Å². The second kappa shape index (κ2) is 4.81. The molecule has 4 heteroatoms. The van der Waals surface area contributed by atoms with Gasteiger partial charge in [0.25, 0.3) is 0 Å². The molecule has 78 valence electrons. The molecular formula is C10H15NO3. The van der Waals surface area contributed by atoms with Gasteiger partial charge >= 0.3 is 5.97 Å². The maximum Gasteiger partial charge on any atom is 0.305 e. The molecule has 14 heavy (non-hydrogen) atoms. The second-order valence-corrected chi connectivity index (χ2v) is 3.17. The number of hydrogen-bond donors (Lipinski definition) is 1. The van der Waals surface area contributed by atoms with E-state index in [0.717, 1.165) is 5.76 Å². The van der Waals surface area contributed by atoms with Crippen LogP contribution < -0.4 is 5.73 Å². The molecule has 2 N–H and O–H groups in total. The highest BCUT2D eigenvalue weighted by Crippen LogP contribution is 2.18. The van der Waals surface area contributed by atoms with Crippen LogP contribution in [0.25, 0.3) is 0 Å². The summed E-state index contributed by atoms with van der Waals surface area (Å²) in [5, 5.41) is 0. The number of rotatable bonds is 4. The van der Waals surface area contributed by atoms with Gasteiger partial charge in [0.15, 0.2) is 0 Å². The Hall–Kier alpha value is -1.29. The lowest BCUT2D eigenvalue weighted by atomic mass is 10.1. The predicted octanol–water partition coefficient (Wildman–Crippen LogP) is 1.54. The molecule has 1 atom stereocenters. The Labute approximate surface area is 83.0 Å². The topological polar surface area (TPSA) is 65.5 Å². The third-order valence-electron chi connectivity index (χ3n) is 2.01. The molecule has 0 amide bonds. The first kappa shape index (κ1) is 10.8.